The Hall–Kier alpha value is -3.08. The number of hydrogen-bond donors (Lipinski definition) is 1. The topological polar surface area (TPSA) is 64.6 Å². The molecule has 3 rings (SSSR count). The van der Waals surface area contributed by atoms with Crippen molar-refractivity contribution in [1.29, 1.82) is 0 Å². The van der Waals surface area contributed by atoms with Gasteiger partial charge in [-0.3, -0.25) is 4.79 Å². The number of esters is 1. The summed E-state index contributed by atoms with van der Waals surface area (Å²) in [6.07, 6.45) is 2.06. The van der Waals surface area contributed by atoms with Gasteiger partial charge in [-0.25, -0.2) is 4.79 Å². The van der Waals surface area contributed by atoms with Gasteiger partial charge in [-0.1, -0.05) is 18.2 Å². The fourth-order valence-electron chi connectivity index (χ4n) is 2.81. The maximum absolute atomic E-state index is 12.4. The average Bonchev–Trinajstić information content (AvgIpc) is 2.65. The lowest BCUT2D eigenvalue weighted by Crippen LogP contribution is -2.39. The lowest BCUT2D eigenvalue weighted by molar-refractivity contribution is 0.0600. The molecule has 0 saturated carbocycles. The third-order valence-electron chi connectivity index (χ3n) is 4.39. The van der Waals surface area contributed by atoms with Crippen molar-refractivity contribution in [1.82, 2.24) is 5.32 Å². The zero-order valence-corrected chi connectivity index (χ0v) is 15.0. The molecule has 0 fully saturated rings. The van der Waals surface area contributed by atoms with Gasteiger partial charge in [0.15, 0.2) is 0 Å². The number of rotatable bonds is 4. The predicted molar refractivity (Wildman–Crippen MR) is 99.2 cm³/mol. The van der Waals surface area contributed by atoms with Crippen LogP contribution in [0.3, 0.4) is 0 Å². The van der Waals surface area contributed by atoms with Crippen LogP contribution in [0.25, 0.3) is 6.08 Å². The van der Waals surface area contributed by atoms with Crippen molar-refractivity contribution in [2.75, 3.05) is 13.7 Å². The summed E-state index contributed by atoms with van der Waals surface area (Å²) in [6, 6.07) is 14.2. The molecular formula is C21H21NO4. The van der Waals surface area contributed by atoms with Gasteiger partial charge in [0.05, 0.1) is 12.7 Å². The van der Waals surface area contributed by atoms with E-state index in [9.17, 15) is 9.59 Å². The maximum atomic E-state index is 12.4. The molecule has 2 aromatic rings. The molecule has 1 amide bonds. The van der Waals surface area contributed by atoms with Crippen LogP contribution in [0.5, 0.6) is 5.75 Å². The summed E-state index contributed by atoms with van der Waals surface area (Å²) >= 11 is 0. The third kappa shape index (κ3) is 3.61. The van der Waals surface area contributed by atoms with Crippen LogP contribution < -0.4 is 10.1 Å². The van der Waals surface area contributed by atoms with E-state index in [4.69, 9.17) is 4.74 Å². The van der Waals surface area contributed by atoms with Crippen LogP contribution in [0.4, 0.5) is 0 Å². The average molecular weight is 351 g/mol. The molecule has 0 atom stereocenters. The molecule has 0 aliphatic carbocycles. The summed E-state index contributed by atoms with van der Waals surface area (Å²) in [5.74, 6) is 0.199. The van der Waals surface area contributed by atoms with Crippen LogP contribution in [-0.4, -0.2) is 31.1 Å². The van der Waals surface area contributed by atoms with Gasteiger partial charge in [0, 0.05) is 17.7 Å². The Morgan fingerprint density at radius 2 is 1.69 bits per heavy atom. The highest BCUT2D eigenvalue weighted by atomic mass is 16.5. The predicted octanol–water partition coefficient (Wildman–Crippen LogP) is 3.46. The highest BCUT2D eigenvalue weighted by Crippen LogP contribution is 2.34. The summed E-state index contributed by atoms with van der Waals surface area (Å²) < 4.78 is 10.7. The van der Waals surface area contributed by atoms with Gasteiger partial charge in [0.25, 0.3) is 5.91 Å². The zero-order valence-electron chi connectivity index (χ0n) is 15.0. The van der Waals surface area contributed by atoms with Crippen molar-refractivity contribution in [2.24, 2.45) is 0 Å². The standard InChI is InChI=1S/C21H21NO4/c1-21(2)17(12-16-6-4-5-7-18(16)26-21)13-22-19(23)14-8-10-15(11-9-14)20(24)25-3/h4-12H,13H2,1-3H3,(H,22,23). The van der Waals surface area contributed by atoms with Gasteiger partial charge in [-0.15, -0.1) is 0 Å². The molecule has 5 nitrogen and oxygen atoms in total. The number of nitrogens with one attached hydrogen (secondary N) is 1. The summed E-state index contributed by atoms with van der Waals surface area (Å²) in [7, 11) is 1.32. The maximum Gasteiger partial charge on any atom is 0.337 e. The van der Waals surface area contributed by atoms with Crippen LogP contribution in [0, 0.1) is 0 Å². The molecule has 5 heteroatoms. The van der Waals surface area contributed by atoms with Gasteiger partial charge in [0.2, 0.25) is 0 Å². The van der Waals surface area contributed by atoms with Gasteiger partial charge < -0.3 is 14.8 Å². The molecule has 0 aromatic heterocycles. The SMILES string of the molecule is COC(=O)c1ccc(C(=O)NCC2=Cc3ccccc3OC2(C)C)cc1. The van der Waals surface area contributed by atoms with Crippen LogP contribution in [0.2, 0.25) is 0 Å². The van der Waals surface area contributed by atoms with Crippen molar-refractivity contribution in [3.63, 3.8) is 0 Å². The number of ether oxygens (including phenoxy) is 2. The normalized spacial score (nSPS) is 14.5. The Kier molecular flexibility index (Phi) is 4.80. The molecule has 1 aliphatic rings. The van der Waals surface area contributed by atoms with E-state index in [-0.39, 0.29) is 5.91 Å². The van der Waals surface area contributed by atoms with E-state index in [0.29, 0.717) is 17.7 Å². The number of fused-ring (bicyclic) bond motifs is 1. The number of benzene rings is 2. The first-order chi connectivity index (χ1) is 12.4. The number of carbonyl (C=O) groups excluding carboxylic acids is 2. The second-order valence-corrected chi connectivity index (χ2v) is 6.57. The molecule has 1 aliphatic heterocycles. The second-order valence-electron chi connectivity index (χ2n) is 6.57. The minimum atomic E-state index is -0.504. The minimum absolute atomic E-state index is 0.211. The van der Waals surface area contributed by atoms with Crippen LogP contribution in [-0.2, 0) is 4.74 Å². The minimum Gasteiger partial charge on any atom is -0.483 e. The molecule has 0 saturated heterocycles. The van der Waals surface area contributed by atoms with Crippen molar-refractivity contribution in [3.8, 4) is 5.75 Å². The van der Waals surface area contributed by atoms with Crippen LogP contribution in [0.1, 0.15) is 40.1 Å². The fourth-order valence-corrected chi connectivity index (χ4v) is 2.81. The summed E-state index contributed by atoms with van der Waals surface area (Å²) in [6.45, 7) is 4.33. The lowest BCUT2D eigenvalue weighted by Gasteiger charge is -2.34. The number of carbonyl (C=O) groups is 2. The van der Waals surface area contributed by atoms with Crippen molar-refractivity contribution in [3.05, 3.63) is 70.8 Å². The first-order valence-electron chi connectivity index (χ1n) is 8.36. The van der Waals surface area contributed by atoms with E-state index >= 15 is 0 Å². The van der Waals surface area contributed by atoms with E-state index in [1.807, 2.05) is 38.1 Å². The first kappa shape index (κ1) is 17.7. The third-order valence-corrected chi connectivity index (χ3v) is 4.39. The number of hydrogen-bond acceptors (Lipinski definition) is 4. The van der Waals surface area contributed by atoms with E-state index in [1.54, 1.807) is 24.3 Å². The molecule has 1 N–H and O–H groups in total. The molecule has 26 heavy (non-hydrogen) atoms. The number of amides is 1. The van der Waals surface area contributed by atoms with Crippen molar-refractivity contribution < 1.29 is 19.1 Å². The Morgan fingerprint density at radius 3 is 2.38 bits per heavy atom. The number of para-hydroxylation sites is 1. The zero-order chi connectivity index (χ0) is 18.7. The summed E-state index contributed by atoms with van der Waals surface area (Å²) in [5, 5.41) is 2.91. The molecule has 0 bridgehead atoms. The Labute approximate surface area is 152 Å². The quantitative estimate of drug-likeness (QED) is 0.857. The summed E-state index contributed by atoms with van der Waals surface area (Å²) in [5.41, 5.74) is 2.36. The molecule has 0 spiro atoms. The Bertz CT molecular complexity index is 866. The van der Waals surface area contributed by atoms with Gasteiger partial charge >= 0.3 is 5.97 Å². The second kappa shape index (κ2) is 7.04. The molecule has 134 valence electrons. The molecule has 2 aromatic carbocycles. The number of methoxy groups -OCH3 is 1. The molecule has 0 radical (unpaired) electrons. The fraction of sp³-hybridized carbons (Fsp3) is 0.238. The van der Waals surface area contributed by atoms with E-state index in [1.165, 1.54) is 7.11 Å². The lowest BCUT2D eigenvalue weighted by atomic mass is 9.92. The molecule has 1 heterocycles. The summed E-state index contributed by atoms with van der Waals surface area (Å²) in [4.78, 5) is 23.9. The van der Waals surface area contributed by atoms with Gasteiger partial charge in [-0.2, -0.15) is 0 Å². The highest BCUT2D eigenvalue weighted by Gasteiger charge is 2.30. The van der Waals surface area contributed by atoms with E-state index < -0.39 is 11.6 Å². The van der Waals surface area contributed by atoms with E-state index in [0.717, 1.165) is 16.9 Å². The smallest absolute Gasteiger partial charge is 0.337 e. The Balaban J connectivity index is 1.71. The van der Waals surface area contributed by atoms with Gasteiger partial charge in [0.1, 0.15) is 11.4 Å². The van der Waals surface area contributed by atoms with Crippen LogP contribution >= 0.6 is 0 Å². The van der Waals surface area contributed by atoms with Crippen molar-refractivity contribution >= 4 is 18.0 Å². The molecular weight excluding hydrogens is 330 g/mol. The largest absolute Gasteiger partial charge is 0.483 e. The van der Waals surface area contributed by atoms with Gasteiger partial charge in [-0.05, 0) is 55.8 Å². The highest BCUT2D eigenvalue weighted by molar-refractivity contribution is 5.96. The monoisotopic (exact) mass is 351 g/mol. The van der Waals surface area contributed by atoms with E-state index in [2.05, 4.69) is 16.1 Å². The first-order valence-corrected chi connectivity index (χ1v) is 8.36. The molecule has 0 unspecified atom stereocenters. The Morgan fingerprint density at radius 1 is 1.04 bits per heavy atom. The van der Waals surface area contributed by atoms with Crippen molar-refractivity contribution in [2.45, 2.75) is 19.4 Å². The van der Waals surface area contributed by atoms with Crippen LogP contribution in [0.15, 0.2) is 54.1 Å².